The Balaban J connectivity index is 4.74. The van der Waals surface area contributed by atoms with Gasteiger partial charge in [0, 0.05) is 12.5 Å². The van der Waals surface area contributed by atoms with Gasteiger partial charge in [-0.15, -0.1) is 0 Å². The largest absolute Gasteiger partial charge is 0.480 e. The maximum atomic E-state index is 12.5. The molecule has 5 N–H and O–H groups in total. The highest BCUT2D eigenvalue weighted by molar-refractivity contribution is 5.92. The Bertz CT molecular complexity index is 593. The van der Waals surface area contributed by atoms with Gasteiger partial charge in [0.1, 0.15) is 18.6 Å². The molecule has 0 aromatic carbocycles. The molecule has 0 aromatic heterocycles. The van der Waals surface area contributed by atoms with Gasteiger partial charge in [0.15, 0.2) is 0 Å². The van der Waals surface area contributed by atoms with Crippen molar-refractivity contribution in [2.45, 2.75) is 65.6 Å². The highest BCUT2D eigenvalue weighted by Gasteiger charge is 2.25. The molecule has 0 rings (SSSR count). The molecule has 11 nitrogen and oxygen atoms in total. The zero-order valence-corrected chi connectivity index (χ0v) is 17.5. The van der Waals surface area contributed by atoms with Crippen LogP contribution in [0.4, 0.5) is 4.79 Å². The van der Waals surface area contributed by atoms with Gasteiger partial charge >= 0.3 is 12.1 Å². The van der Waals surface area contributed by atoms with Crippen LogP contribution in [-0.2, 0) is 23.9 Å². The summed E-state index contributed by atoms with van der Waals surface area (Å²) in [5.41, 5.74) is 0. The number of carbonyl (C=O) groups is 5. The maximum Gasteiger partial charge on any atom is 0.407 e. The average molecular weight is 416 g/mol. The quantitative estimate of drug-likeness (QED) is 0.274. The molecule has 2 atom stereocenters. The molecule has 0 saturated heterocycles. The summed E-state index contributed by atoms with van der Waals surface area (Å²) < 4.78 is 4.93. The minimum Gasteiger partial charge on any atom is -0.480 e. The lowest BCUT2D eigenvalue weighted by molar-refractivity contribution is -0.138. The molecule has 0 aliphatic rings. The molecular weight excluding hydrogens is 384 g/mol. The van der Waals surface area contributed by atoms with Gasteiger partial charge in [0.25, 0.3) is 0 Å². The molecular formula is C18H32N4O7. The van der Waals surface area contributed by atoms with Gasteiger partial charge < -0.3 is 31.1 Å². The van der Waals surface area contributed by atoms with Gasteiger partial charge in [-0.3, -0.25) is 19.2 Å². The normalized spacial score (nSPS) is 12.7. The number of amides is 4. The Hall–Kier alpha value is -2.85. The molecule has 0 unspecified atom stereocenters. The number of hydrogen-bond donors (Lipinski definition) is 5. The van der Waals surface area contributed by atoms with Crippen LogP contribution in [0, 0.1) is 5.92 Å². The van der Waals surface area contributed by atoms with E-state index in [-0.39, 0.29) is 30.9 Å². The lowest BCUT2D eigenvalue weighted by Gasteiger charge is -2.22. The van der Waals surface area contributed by atoms with E-state index in [4.69, 9.17) is 9.84 Å². The number of ether oxygens (including phenoxy) is 1. The topological polar surface area (TPSA) is 163 Å². The second-order valence-corrected chi connectivity index (χ2v) is 7.08. The average Bonchev–Trinajstić information content (AvgIpc) is 2.60. The van der Waals surface area contributed by atoms with Crippen molar-refractivity contribution in [1.29, 1.82) is 0 Å². The highest BCUT2D eigenvalue weighted by atomic mass is 16.6. The van der Waals surface area contributed by atoms with Crippen LogP contribution >= 0.6 is 0 Å². The summed E-state index contributed by atoms with van der Waals surface area (Å²) in [4.78, 5) is 58.3. The second-order valence-electron chi connectivity index (χ2n) is 7.08. The van der Waals surface area contributed by atoms with E-state index in [1.807, 2.05) is 0 Å². The second kappa shape index (κ2) is 13.3. The first kappa shape index (κ1) is 26.1. The number of nitrogens with one attached hydrogen (secondary N) is 4. The van der Waals surface area contributed by atoms with Gasteiger partial charge in [-0.1, -0.05) is 13.8 Å². The van der Waals surface area contributed by atoms with Crippen molar-refractivity contribution < 1.29 is 33.8 Å². The third-order valence-electron chi connectivity index (χ3n) is 3.60. The van der Waals surface area contributed by atoms with E-state index in [0.29, 0.717) is 6.42 Å². The van der Waals surface area contributed by atoms with Crippen LogP contribution in [0.5, 0.6) is 0 Å². The van der Waals surface area contributed by atoms with E-state index in [2.05, 4.69) is 21.3 Å². The van der Waals surface area contributed by atoms with Crippen LogP contribution in [0.1, 0.15) is 47.5 Å². The summed E-state index contributed by atoms with van der Waals surface area (Å²) in [5, 5.41) is 18.4. The number of alkyl carbamates (subject to hydrolysis) is 1. The summed E-state index contributed by atoms with van der Waals surface area (Å²) in [6, 6.07) is -1.90. The smallest absolute Gasteiger partial charge is 0.407 e. The fourth-order valence-corrected chi connectivity index (χ4v) is 2.05. The molecule has 29 heavy (non-hydrogen) atoms. The molecule has 4 amide bonds. The molecule has 166 valence electrons. The van der Waals surface area contributed by atoms with Crippen molar-refractivity contribution in [3.63, 3.8) is 0 Å². The molecule has 11 heteroatoms. The predicted molar refractivity (Wildman–Crippen MR) is 104 cm³/mol. The molecule has 0 heterocycles. The van der Waals surface area contributed by atoms with Crippen LogP contribution in [0.2, 0.25) is 0 Å². The molecule has 0 aliphatic heterocycles. The van der Waals surface area contributed by atoms with Crippen LogP contribution < -0.4 is 21.3 Å². The fourth-order valence-electron chi connectivity index (χ4n) is 2.05. The van der Waals surface area contributed by atoms with Crippen molar-refractivity contribution in [2.75, 3.05) is 13.1 Å². The third-order valence-corrected chi connectivity index (χ3v) is 3.60. The lowest BCUT2D eigenvalue weighted by Crippen LogP contribution is -2.53. The van der Waals surface area contributed by atoms with Crippen molar-refractivity contribution in [2.24, 2.45) is 5.92 Å². The van der Waals surface area contributed by atoms with Gasteiger partial charge in [0.2, 0.25) is 17.7 Å². The first-order valence-electron chi connectivity index (χ1n) is 9.48. The van der Waals surface area contributed by atoms with E-state index in [0.717, 1.165) is 0 Å². The molecule has 0 bridgehead atoms. The summed E-state index contributed by atoms with van der Waals surface area (Å²) in [7, 11) is 0. The maximum absolute atomic E-state index is 12.5. The zero-order chi connectivity index (χ0) is 22.6. The molecule has 0 aliphatic carbocycles. The molecule has 0 aromatic rings. The SMILES string of the molecule is CC(C)OC(=O)NCCC[C@H](NC(=O)C(C)C)C(=O)N[C@@H](C)C(=O)NCC(=O)O. The Morgan fingerprint density at radius 2 is 1.48 bits per heavy atom. The van der Waals surface area contributed by atoms with Crippen LogP contribution in [0.15, 0.2) is 0 Å². The van der Waals surface area contributed by atoms with E-state index in [9.17, 15) is 24.0 Å². The van der Waals surface area contributed by atoms with Crippen LogP contribution in [0.25, 0.3) is 0 Å². The van der Waals surface area contributed by atoms with Crippen molar-refractivity contribution in [3.8, 4) is 0 Å². The molecule has 0 fully saturated rings. The Morgan fingerprint density at radius 3 is 2.00 bits per heavy atom. The van der Waals surface area contributed by atoms with Gasteiger partial charge in [-0.2, -0.15) is 0 Å². The zero-order valence-electron chi connectivity index (χ0n) is 17.5. The summed E-state index contributed by atoms with van der Waals surface area (Å²) in [5.74, 6) is -3.13. The number of carboxylic acid groups (broad SMARTS) is 1. The van der Waals surface area contributed by atoms with E-state index in [1.54, 1.807) is 27.7 Å². The first-order chi connectivity index (χ1) is 13.4. The molecule has 0 radical (unpaired) electrons. The Morgan fingerprint density at radius 1 is 0.862 bits per heavy atom. The third kappa shape index (κ3) is 12.3. The standard InChI is InChI=1S/C18H32N4O7/c1-10(2)15(25)22-13(7-6-8-19-18(28)29-11(3)4)17(27)21-12(5)16(26)20-9-14(23)24/h10-13H,6-9H2,1-5H3,(H,19,28)(H,20,26)(H,21,27)(H,22,25)(H,23,24)/t12-,13-/m0/s1. The Labute approximate surface area is 170 Å². The summed E-state index contributed by atoms with van der Waals surface area (Å²) in [6.45, 7) is 7.86. The first-order valence-corrected chi connectivity index (χ1v) is 9.48. The number of aliphatic carboxylic acids is 1. The van der Waals surface area contributed by atoms with Crippen molar-refractivity contribution >= 4 is 29.8 Å². The predicted octanol–water partition coefficient (Wildman–Crippen LogP) is -0.252. The van der Waals surface area contributed by atoms with E-state index >= 15 is 0 Å². The minimum absolute atomic E-state index is 0.218. The summed E-state index contributed by atoms with van der Waals surface area (Å²) in [6.07, 6.45) is -0.234. The summed E-state index contributed by atoms with van der Waals surface area (Å²) >= 11 is 0. The van der Waals surface area contributed by atoms with E-state index in [1.165, 1.54) is 6.92 Å². The number of carbonyl (C=O) groups excluding carboxylic acids is 4. The molecule has 0 saturated carbocycles. The van der Waals surface area contributed by atoms with Crippen LogP contribution in [-0.4, -0.2) is 66.2 Å². The van der Waals surface area contributed by atoms with Crippen LogP contribution in [0.3, 0.4) is 0 Å². The van der Waals surface area contributed by atoms with Gasteiger partial charge in [-0.25, -0.2) is 4.79 Å². The van der Waals surface area contributed by atoms with Gasteiger partial charge in [-0.05, 0) is 33.6 Å². The van der Waals surface area contributed by atoms with E-state index < -0.39 is 42.5 Å². The monoisotopic (exact) mass is 416 g/mol. The lowest BCUT2D eigenvalue weighted by atomic mass is 10.1. The number of carboxylic acids is 1. The number of hydrogen-bond acceptors (Lipinski definition) is 6. The number of rotatable bonds is 12. The molecule has 0 spiro atoms. The Kier molecular flexibility index (Phi) is 12.0. The van der Waals surface area contributed by atoms with Gasteiger partial charge in [0.05, 0.1) is 6.10 Å². The minimum atomic E-state index is -1.21. The van der Waals surface area contributed by atoms with Crippen molar-refractivity contribution in [1.82, 2.24) is 21.3 Å². The van der Waals surface area contributed by atoms with Crippen molar-refractivity contribution in [3.05, 3.63) is 0 Å². The fraction of sp³-hybridized carbons (Fsp3) is 0.722. The highest BCUT2D eigenvalue weighted by Crippen LogP contribution is 2.02.